The van der Waals surface area contributed by atoms with E-state index in [4.69, 9.17) is 0 Å². The van der Waals surface area contributed by atoms with Gasteiger partial charge < -0.3 is 5.32 Å². The normalized spacial score (nSPS) is 18.2. The second-order valence-corrected chi connectivity index (χ2v) is 7.59. The van der Waals surface area contributed by atoms with Gasteiger partial charge in [0.05, 0.1) is 11.7 Å². The van der Waals surface area contributed by atoms with Crippen molar-refractivity contribution in [2.75, 3.05) is 17.3 Å². The molecule has 0 saturated heterocycles. The maximum Gasteiger partial charge on any atom is 0.326 e. The molecule has 0 bridgehead atoms. The maximum atomic E-state index is 14.4. The Kier molecular flexibility index (Phi) is 5.70. The number of amides is 3. The molecule has 1 atom stereocenters. The average Bonchev–Trinajstić information content (AvgIpc) is 2.78. The van der Waals surface area contributed by atoms with E-state index < -0.39 is 11.8 Å². The minimum atomic E-state index is -0.508. The Labute approximate surface area is 174 Å². The third kappa shape index (κ3) is 4.15. The van der Waals surface area contributed by atoms with Crippen molar-refractivity contribution in [2.45, 2.75) is 38.1 Å². The summed E-state index contributed by atoms with van der Waals surface area (Å²) in [6.45, 7) is 0. The fourth-order valence-electron chi connectivity index (χ4n) is 3.94. The molecular weight excluding hydrogens is 383 g/mol. The minimum absolute atomic E-state index is 0.113. The van der Waals surface area contributed by atoms with E-state index in [-0.39, 0.29) is 17.6 Å². The monoisotopic (exact) mass is 406 g/mol. The first kappa shape index (κ1) is 19.9. The number of hydrogen-bond acceptors (Lipinski definition) is 3. The van der Waals surface area contributed by atoms with Crippen molar-refractivity contribution < 1.29 is 14.0 Å². The third-order valence-electron chi connectivity index (χ3n) is 5.61. The van der Waals surface area contributed by atoms with Gasteiger partial charge in [-0.1, -0.05) is 24.3 Å². The number of para-hydroxylation sites is 1. The Morgan fingerprint density at radius 1 is 1.17 bits per heavy atom. The van der Waals surface area contributed by atoms with E-state index >= 15 is 0 Å². The lowest BCUT2D eigenvalue weighted by molar-refractivity contribution is -0.115. The highest BCUT2D eigenvalue weighted by molar-refractivity contribution is 6.01. The van der Waals surface area contributed by atoms with E-state index in [0.717, 1.165) is 42.4 Å². The summed E-state index contributed by atoms with van der Waals surface area (Å²) in [5.41, 5.74) is 3.49. The molecule has 0 saturated carbocycles. The van der Waals surface area contributed by atoms with Gasteiger partial charge in [0.25, 0.3) is 5.91 Å². The second kappa shape index (κ2) is 8.57. The quantitative estimate of drug-likeness (QED) is 0.751. The molecule has 0 spiro atoms. The second-order valence-electron chi connectivity index (χ2n) is 7.59. The lowest BCUT2D eigenvalue weighted by Gasteiger charge is -2.26. The molecule has 3 amide bonds. The first-order chi connectivity index (χ1) is 14.5. The molecule has 30 heavy (non-hydrogen) atoms. The first-order valence-electron chi connectivity index (χ1n) is 10.1. The number of nitrogens with zero attached hydrogens (tertiary/aromatic N) is 3. The van der Waals surface area contributed by atoms with Gasteiger partial charge in [-0.2, -0.15) is 5.11 Å². The van der Waals surface area contributed by atoms with Gasteiger partial charge in [0, 0.05) is 24.7 Å². The zero-order chi connectivity index (χ0) is 21.1. The Morgan fingerprint density at radius 2 is 1.93 bits per heavy atom. The van der Waals surface area contributed by atoms with Gasteiger partial charge >= 0.3 is 6.03 Å². The molecule has 2 aliphatic rings. The first-order valence-corrected chi connectivity index (χ1v) is 10.1. The van der Waals surface area contributed by atoms with E-state index in [0.29, 0.717) is 12.1 Å². The number of hydrogen-bond donors (Lipinski definition) is 1. The van der Waals surface area contributed by atoms with Crippen LogP contribution < -0.4 is 10.2 Å². The summed E-state index contributed by atoms with van der Waals surface area (Å²) in [5.74, 6) is -0.733. The standard InChI is InChI=1S/C23H23FN4O2/c1-28(16-7-3-2-4-8-16)23(30)25-21-14-15(11-12-19(21)24)13-20-17-9-5-6-10-18(17)22(29)27-26-20/h2-4,7-8,11-12,14,20H,5-6,9-10,13H2,1H3,(H,25,30). The molecule has 1 aliphatic heterocycles. The van der Waals surface area contributed by atoms with E-state index in [1.54, 1.807) is 31.3 Å². The molecule has 1 N–H and O–H groups in total. The SMILES string of the molecule is CN(C(=O)Nc1cc(CC2N=NC(=O)C3=C2CCCC3)ccc1F)c1ccccc1. The summed E-state index contributed by atoms with van der Waals surface area (Å²) in [6, 6.07) is 13.1. The van der Waals surface area contributed by atoms with Gasteiger partial charge in [0.1, 0.15) is 5.82 Å². The van der Waals surface area contributed by atoms with Crippen molar-refractivity contribution in [2.24, 2.45) is 10.2 Å². The van der Waals surface area contributed by atoms with Crippen molar-refractivity contribution in [3.63, 3.8) is 0 Å². The van der Waals surface area contributed by atoms with E-state index in [1.807, 2.05) is 18.2 Å². The minimum Gasteiger partial charge on any atom is -0.305 e. The zero-order valence-corrected chi connectivity index (χ0v) is 16.8. The summed E-state index contributed by atoms with van der Waals surface area (Å²) < 4.78 is 14.4. The molecule has 2 aromatic carbocycles. The van der Waals surface area contributed by atoms with E-state index in [2.05, 4.69) is 15.5 Å². The number of anilines is 2. The number of halogens is 1. The van der Waals surface area contributed by atoms with Crippen LogP contribution in [0.5, 0.6) is 0 Å². The number of nitrogens with one attached hydrogen (secondary N) is 1. The van der Waals surface area contributed by atoms with Crippen LogP contribution in [0.25, 0.3) is 0 Å². The van der Waals surface area contributed by atoms with Crippen LogP contribution >= 0.6 is 0 Å². The molecule has 1 heterocycles. The Morgan fingerprint density at radius 3 is 2.73 bits per heavy atom. The molecule has 154 valence electrons. The van der Waals surface area contributed by atoms with Gasteiger partial charge in [0.15, 0.2) is 0 Å². The molecule has 0 radical (unpaired) electrons. The molecule has 7 heteroatoms. The van der Waals surface area contributed by atoms with Crippen LogP contribution in [-0.4, -0.2) is 25.0 Å². The average molecular weight is 406 g/mol. The summed E-state index contributed by atoms with van der Waals surface area (Å²) in [5, 5.41) is 10.7. The molecule has 1 aliphatic carbocycles. The Bertz CT molecular complexity index is 1030. The van der Waals surface area contributed by atoms with Crippen molar-refractivity contribution in [3.05, 3.63) is 71.1 Å². The largest absolute Gasteiger partial charge is 0.326 e. The van der Waals surface area contributed by atoms with Crippen molar-refractivity contribution in [1.29, 1.82) is 0 Å². The summed E-state index contributed by atoms with van der Waals surface area (Å²) in [6.07, 6.45) is 4.13. The van der Waals surface area contributed by atoms with Crippen LogP contribution in [0.2, 0.25) is 0 Å². The van der Waals surface area contributed by atoms with Gasteiger partial charge in [-0.3, -0.25) is 9.69 Å². The molecule has 2 aromatic rings. The number of benzene rings is 2. The van der Waals surface area contributed by atoms with Gasteiger partial charge in [0.2, 0.25) is 0 Å². The van der Waals surface area contributed by atoms with Crippen LogP contribution in [0, 0.1) is 5.82 Å². The Hall–Kier alpha value is -3.35. The molecule has 1 unspecified atom stereocenters. The molecule has 6 nitrogen and oxygen atoms in total. The highest BCUT2D eigenvalue weighted by Gasteiger charge is 2.29. The third-order valence-corrected chi connectivity index (χ3v) is 5.61. The number of carbonyl (C=O) groups is 2. The van der Waals surface area contributed by atoms with Gasteiger partial charge in [-0.25, -0.2) is 9.18 Å². The predicted octanol–water partition coefficient (Wildman–Crippen LogP) is 5.27. The van der Waals surface area contributed by atoms with Crippen molar-refractivity contribution in [3.8, 4) is 0 Å². The molecule has 4 rings (SSSR count). The fraction of sp³-hybridized carbons (Fsp3) is 0.304. The lowest BCUT2D eigenvalue weighted by atomic mass is 9.84. The van der Waals surface area contributed by atoms with Crippen LogP contribution in [-0.2, 0) is 11.2 Å². The fourth-order valence-corrected chi connectivity index (χ4v) is 3.94. The maximum absolute atomic E-state index is 14.4. The highest BCUT2D eigenvalue weighted by Crippen LogP contribution is 2.34. The number of azo groups is 1. The molecular formula is C23H23FN4O2. The lowest BCUT2D eigenvalue weighted by Crippen LogP contribution is -2.31. The van der Waals surface area contributed by atoms with Crippen LogP contribution in [0.15, 0.2) is 69.9 Å². The molecule has 0 aromatic heterocycles. The van der Waals surface area contributed by atoms with Crippen molar-refractivity contribution >= 4 is 23.3 Å². The summed E-state index contributed by atoms with van der Waals surface area (Å²) in [7, 11) is 1.63. The number of urea groups is 1. The van der Waals surface area contributed by atoms with Crippen molar-refractivity contribution in [1.82, 2.24) is 0 Å². The number of rotatable bonds is 4. The van der Waals surface area contributed by atoms with Crippen LogP contribution in [0.4, 0.5) is 20.6 Å². The van der Waals surface area contributed by atoms with Crippen LogP contribution in [0.3, 0.4) is 0 Å². The summed E-state index contributed by atoms with van der Waals surface area (Å²) in [4.78, 5) is 26.0. The topological polar surface area (TPSA) is 74.1 Å². The molecule has 0 fully saturated rings. The van der Waals surface area contributed by atoms with Gasteiger partial charge in [-0.05, 0) is 61.1 Å². The zero-order valence-electron chi connectivity index (χ0n) is 16.8. The van der Waals surface area contributed by atoms with E-state index in [1.165, 1.54) is 11.0 Å². The predicted molar refractivity (Wildman–Crippen MR) is 113 cm³/mol. The smallest absolute Gasteiger partial charge is 0.305 e. The van der Waals surface area contributed by atoms with Crippen LogP contribution in [0.1, 0.15) is 31.2 Å². The van der Waals surface area contributed by atoms with E-state index in [9.17, 15) is 14.0 Å². The highest BCUT2D eigenvalue weighted by atomic mass is 19.1. The number of carbonyl (C=O) groups excluding carboxylic acids is 2. The van der Waals surface area contributed by atoms with Gasteiger partial charge in [-0.15, -0.1) is 5.11 Å². The summed E-state index contributed by atoms with van der Waals surface area (Å²) >= 11 is 0. The Balaban J connectivity index is 1.51.